The number of rotatable bonds is 6. The Bertz CT molecular complexity index is 1200. The number of carbonyl (C=O) groups is 2. The molecule has 1 aromatic heterocycles. The lowest BCUT2D eigenvalue weighted by atomic mass is 9.87. The van der Waals surface area contributed by atoms with Crippen LogP contribution in [0.4, 0.5) is 14.5 Å². The van der Waals surface area contributed by atoms with Crippen molar-refractivity contribution in [3.05, 3.63) is 54.1 Å². The number of amides is 2. The first-order chi connectivity index (χ1) is 18.4. The summed E-state index contributed by atoms with van der Waals surface area (Å²) in [6.45, 7) is 6.17. The van der Waals surface area contributed by atoms with Crippen LogP contribution in [0.1, 0.15) is 70.2 Å². The second-order valence-corrected chi connectivity index (χ2v) is 11.3. The Morgan fingerprint density at radius 2 is 1.87 bits per heavy atom. The van der Waals surface area contributed by atoms with Gasteiger partial charge in [0, 0.05) is 43.4 Å². The molecule has 208 valence electrons. The molecule has 3 unspecified atom stereocenters. The molecule has 2 aliphatic rings. The lowest BCUT2D eigenvalue weighted by Crippen LogP contribution is -2.52. The normalized spacial score (nSPS) is 22.1. The van der Waals surface area contributed by atoms with Gasteiger partial charge in [-0.15, -0.1) is 0 Å². The summed E-state index contributed by atoms with van der Waals surface area (Å²) in [6.07, 6.45) is 4.90. The number of nitriles is 1. The monoisotopic (exact) mass is 540 g/mol. The van der Waals surface area contributed by atoms with Gasteiger partial charge in [0.1, 0.15) is 6.04 Å². The lowest BCUT2D eigenvalue weighted by molar-refractivity contribution is -0.129. The minimum Gasteiger partial charge on any atom is -0.391 e. The maximum atomic E-state index is 14.1. The molecule has 0 radical (unpaired) electrons. The molecule has 1 aliphatic heterocycles. The SMILES string of the molecule is CC(C)(C)c1ccc(N(C(=O)C2CC(O)CN2C#N)C(C(=O)NC2CCC(F)(F)CC2)c2cnccn2)cc1. The van der Waals surface area contributed by atoms with Crippen molar-refractivity contribution in [2.75, 3.05) is 11.4 Å². The summed E-state index contributed by atoms with van der Waals surface area (Å²) >= 11 is 0. The minimum absolute atomic E-state index is 0.00198. The van der Waals surface area contributed by atoms with Crippen LogP contribution in [-0.2, 0) is 15.0 Å². The Labute approximate surface area is 226 Å². The van der Waals surface area contributed by atoms with E-state index in [1.54, 1.807) is 12.1 Å². The van der Waals surface area contributed by atoms with E-state index < -0.39 is 42.0 Å². The predicted octanol–water partition coefficient (Wildman–Crippen LogP) is 3.46. The first kappa shape index (κ1) is 28.4. The number of nitrogens with zero attached hydrogens (tertiary/aromatic N) is 5. The quantitative estimate of drug-likeness (QED) is 0.538. The second-order valence-electron chi connectivity index (χ2n) is 11.3. The number of carbonyl (C=O) groups excluding carboxylic acids is 2. The van der Waals surface area contributed by atoms with E-state index in [1.807, 2.05) is 18.3 Å². The van der Waals surface area contributed by atoms with Crippen LogP contribution in [0.15, 0.2) is 42.9 Å². The van der Waals surface area contributed by atoms with E-state index in [0.717, 1.165) is 5.56 Å². The molecule has 1 saturated heterocycles. The van der Waals surface area contributed by atoms with E-state index in [0.29, 0.717) is 5.69 Å². The second kappa shape index (κ2) is 11.2. The zero-order valence-electron chi connectivity index (χ0n) is 22.3. The van der Waals surface area contributed by atoms with Gasteiger partial charge in [0.2, 0.25) is 11.8 Å². The number of aliphatic hydroxyl groups excluding tert-OH is 1. The lowest BCUT2D eigenvalue weighted by Gasteiger charge is -2.35. The third-order valence-corrected chi connectivity index (χ3v) is 7.37. The van der Waals surface area contributed by atoms with Crippen molar-refractivity contribution in [1.82, 2.24) is 20.2 Å². The molecule has 1 aromatic carbocycles. The number of aliphatic hydroxyl groups is 1. The Morgan fingerprint density at radius 3 is 2.44 bits per heavy atom. The van der Waals surface area contributed by atoms with Crippen LogP contribution in [0.2, 0.25) is 0 Å². The smallest absolute Gasteiger partial charge is 0.251 e. The van der Waals surface area contributed by atoms with Gasteiger partial charge in [-0.3, -0.25) is 29.4 Å². The van der Waals surface area contributed by atoms with Gasteiger partial charge in [0.05, 0.1) is 24.5 Å². The standard InChI is InChI=1S/C28H34F2N6O3/c1-27(2,3)18-4-6-20(7-5-18)36(26(39)23-14-21(37)16-35(23)17-31)24(22-15-32-12-13-33-22)25(38)34-19-8-10-28(29,30)11-9-19/h4-7,12-13,15,19,21,23-24,37H,8-11,14,16H2,1-3H3,(H,34,38). The van der Waals surface area contributed by atoms with Crippen molar-refractivity contribution in [3.8, 4) is 6.19 Å². The molecule has 0 spiro atoms. The van der Waals surface area contributed by atoms with Crippen molar-refractivity contribution in [1.29, 1.82) is 5.26 Å². The van der Waals surface area contributed by atoms with Gasteiger partial charge in [-0.2, -0.15) is 5.26 Å². The molecule has 1 aliphatic carbocycles. The zero-order valence-corrected chi connectivity index (χ0v) is 22.3. The highest BCUT2D eigenvalue weighted by atomic mass is 19.3. The van der Waals surface area contributed by atoms with Crippen molar-refractivity contribution >= 4 is 17.5 Å². The Morgan fingerprint density at radius 1 is 1.21 bits per heavy atom. The number of hydrogen-bond acceptors (Lipinski definition) is 7. The van der Waals surface area contributed by atoms with Crippen molar-refractivity contribution in [3.63, 3.8) is 0 Å². The average Bonchev–Trinajstić information content (AvgIpc) is 3.29. The number of nitrogens with one attached hydrogen (secondary N) is 1. The van der Waals surface area contributed by atoms with Crippen LogP contribution >= 0.6 is 0 Å². The highest BCUT2D eigenvalue weighted by Crippen LogP contribution is 2.35. The van der Waals surface area contributed by atoms with Crippen molar-refractivity contribution < 1.29 is 23.5 Å². The van der Waals surface area contributed by atoms with Crippen LogP contribution in [0.25, 0.3) is 0 Å². The first-order valence-electron chi connectivity index (χ1n) is 13.1. The highest BCUT2D eigenvalue weighted by molar-refractivity contribution is 6.03. The molecular weight excluding hydrogens is 506 g/mol. The number of β-amino-alcohol motifs (C(OH)–C–C–N with tert-alkyl or cyclic N) is 1. The molecule has 39 heavy (non-hydrogen) atoms. The van der Waals surface area contributed by atoms with Crippen LogP contribution in [0.3, 0.4) is 0 Å². The third kappa shape index (κ3) is 6.50. The fourth-order valence-corrected chi connectivity index (χ4v) is 5.14. The molecule has 2 amide bonds. The topological polar surface area (TPSA) is 122 Å². The van der Waals surface area contributed by atoms with E-state index >= 15 is 0 Å². The number of halogens is 2. The van der Waals surface area contributed by atoms with Crippen LogP contribution in [-0.4, -0.2) is 62.4 Å². The van der Waals surface area contributed by atoms with Gasteiger partial charge in [0.15, 0.2) is 12.2 Å². The Hall–Kier alpha value is -3.65. The largest absolute Gasteiger partial charge is 0.391 e. The molecule has 9 nitrogen and oxygen atoms in total. The maximum Gasteiger partial charge on any atom is 0.251 e. The van der Waals surface area contributed by atoms with Gasteiger partial charge in [-0.25, -0.2) is 8.78 Å². The molecule has 4 rings (SSSR count). The molecule has 0 bridgehead atoms. The van der Waals surface area contributed by atoms with Gasteiger partial charge < -0.3 is 10.4 Å². The number of aromatic nitrogens is 2. The molecule has 1 saturated carbocycles. The predicted molar refractivity (Wildman–Crippen MR) is 139 cm³/mol. The van der Waals surface area contributed by atoms with Crippen molar-refractivity contribution in [2.45, 2.75) is 88.4 Å². The van der Waals surface area contributed by atoms with E-state index in [2.05, 4.69) is 36.1 Å². The van der Waals surface area contributed by atoms with Gasteiger partial charge in [-0.05, 0) is 36.0 Å². The summed E-state index contributed by atoms with van der Waals surface area (Å²) in [5.41, 5.74) is 1.43. The summed E-state index contributed by atoms with van der Waals surface area (Å²) < 4.78 is 27.5. The van der Waals surface area contributed by atoms with Gasteiger partial charge >= 0.3 is 0 Å². The Balaban J connectivity index is 1.76. The van der Waals surface area contributed by atoms with Crippen LogP contribution in [0, 0.1) is 11.5 Å². The summed E-state index contributed by atoms with van der Waals surface area (Å²) in [5.74, 6) is -3.90. The average molecular weight is 541 g/mol. The molecule has 2 N–H and O–H groups in total. The minimum atomic E-state index is -2.76. The van der Waals surface area contributed by atoms with Gasteiger partial charge in [0.25, 0.3) is 5.91 Å². The summed E-state index contributed by atoms with van der Waals surface area (Å²) in [4.78, 5) is 38.9. The molecule has 2 fully saturated rings. The molecule has 3 atom stereocenters. The molecular formula is C28H34F2N6O3. The van der Waals surface area contributed by atoms with Gasteiger partial charge in [-0.1, -0.05) is 32.9 Å². The summed E-state index contributed by atoms with van der Waals surface area (Å²) in [5, 5.41) is 22.7. The van der Waals surface area contributed by atoms with Crippen LogP contribution < -0.4 is 10.2 Å². The number of benzene rings is 1. The van der Waals surface area contributed by atoms with E-state index in [-0.39, 0.29) is 49.8 Å². The van der Waals surface area contributed by atoms with Crippen LogP contribution in [0.5, 0.6) is 0 Å². The van der Waals surface area contributed by atoms with E-state index in [4.69, 9.17) is 0 Å². The van der Waals surface area contributed by atoms with E-state index in [1.165, 1.54) is 28.4 Å². The maximum absolute atomic E-state index is 14.1. The Kier molecular flexibility index (Phi) is 8.16. The summed E-state index contributed by atoms with van der Waals surface area (Å²) in [6, 6.07) is 4.45. The zero-order chi connectivity index (χ0) is 28.4. The number of alkyl halides is 2. The molecule has 11 heteroatoms. The van der Waals surface area contributed by atoms with Crippen molar-refractivity contribution in [2.24, 2.45) is 0 Å². The molecule has 2 aromatic rings. The number of likely N-dealkylation sites (tertiary alicyclic amines) is 1. The third-order valence-electron chi connectivity index (χ3n) is 7.37. The number of hydrogen-bond donors (Lipinski definition) is 2. The fourth-order valence-electron chi connectivity index (χ4n) is 5.14. The molecule has 2 heterocycles. The first-order valence-corrected chi connectivity index (χ1v) is 13.1. The highest BCUT2D eigenvalue weighted by Gasteiger charge is 2.44. The fraction of sp³-hybridized carbons (Fsp3) is 0.536. The van der Waals surface area contributed by atoms with E-state index in [9.17, 15) is 28.7 Å². The number of anilines is 1. The summed E-state index contributed by atoms with van der Waals surface area (Å²) in [7, 11) is 0.